The van der Waals surface area contributed by atoms with E-state index in [0.29, 0.717) is 22.6 Å². The third kappa shape index (κ3) is 3.66. The molecule has 2 aromatic rings. The predicted octanol–water partition coefficient (Wildman–Crippen LogP) is 2.51. The molecule has 0 spiro atoms. The van der Waals surface area contributed by atoms with Gasteiger partial charge in [-0.25, -0.2) is 18.1 Å². The van der Waals surface area contributed by atoms with E-state index in [4.69, 9.17) is 16.0 Å². The fourth-order valence-electron chi connectivity index (χ4n) is 2.07. The molecule has 1 amide bonds. The van der Waals surface area contributed by atoms with Crippen LogP contribution in [0, 0.1) is 20.8 Å². The molecule has 0 aliphatic rings. The van der Waals surface area contributed by atoms with E-state index < -0.39 is 15.9 Å². The van der Waals surface area contributed by atoms with Gasteiger partial charge in [-0.3, -0.25) is 4.79 Å². The van der Waals surface area contributed by atoms with Gasteiger partial charge in [-0.2, -0.15) is 0 Å². The average molecular weight is 343 g/mol. The van der Waals surface area contributed by atoms with Crippen molar-refractivity contribution >= 4 is 27.5 Å². The fraction of sp³-hybridized carbons (Fsp3) is 0.286. The predicted molar refractivity (Wildman–Crippen MR) is 82.3 cm³/mol. The number of amides is 1. The van der Waals surface area contributed by atoms with Crippen molar-refractivity contribution in [2.24, 2.45) is 0 Å². The minimum Gasteiger partial charge on any atom is -0.466 e. The number of aromatic nitrogens is 1. The number of hydrogen-bond acceptors (Lipinski definition) is 5. The summed E-state index contributed by atoms with van der Waals surface area (Å²) >= 11 is 5.64. The summed E-state index contributed by atoms with van der Waals surface area (Å²) in [6.07, 6.45) is 1.35. The second-order valence-electron chi connectivity index (χ2n) is 4.89. The highest BCUT2D eigenvalue weighted by atomic mass is 35.5. The molecule has 0 aromatic carbocycles. The molecule has 118 valence electrons. The molecule has 0 aliphatic heterocycles. The maximum Gasteiger partial charge on any atom is 0.268 e. The van der Waals surface area contributed by atoms with E-state index >= 15 is 0 Å². The third-order valence-corrected chi connectivity index (χ3v) is 4.62. The molecule has 0 saturated carbocycles. The van der Waals surface area contributed by atoms with Crippen LogP contribution in [-0.4, -0.2) is 19.3 Å². The number of nitrogens with zero attached hydrogens (tertiary/aromatic N) is 1. The van der Waals surface area contributed by atoms with Crippen molar-refractivity contribution in [2.75, 3.05) is 0 Å². The average Bonchev–Trinajstić information content (AvgIpc) is 2.65. The lowest BCUT2D eigenvalue weighted by Crippen LogP contribution is -2.32. The highest BCUT2D eigenvalue weighted by molar-refractivity contribution is 7.89. The summed E-state index contributed by atoms with van der Waals surface area (Å²) < 4.78 is 31.5. The third-order valence-electron chi connectivity index (χ3n) is 3.18. The topological polar surface area (TPSA) is 89.3 Å². The van der Waals surface area contributed by atoms with Gasteiger partial charge in [0, 0.05) is 11.8 Å². The van der Waals surface area contributed by atoms with Crippen LogP contribution >= 0.6 is 11.6 Å². The summed E-state index contributed by atoms with van der Waals surface area (Å²) in [7, 11) is -3.84. The molecular formula is C14H15ClN2O4S. The minimum atomic E-state index is -3.84. The van der Waals surface area contributed by atoms with Gasteiger partial charge in [0.05, 0.1) is 11.3 Å². The molecule has 22 heavy (non-hydrogen) atoms. The lowest BCUT2D eigenvalue weighted by Gasteiger charge is -2.07. The summed E-state index contributed by atoms with van der Waals surface area (Å²) in [5.41, 5.74) is 1.30. The van der Waals surface area contributed by atoms with E-state index in [1.807, 2.05) is 4.72 Å². The SMILES string of the molecule is Cc1oc(C)c(C(=O)NS(=O)(=O)Cc2ccc(Cl)nc2)c1C. The molecule has 8 heteroatoms. The van der Waals surface area contributed by atoms with E-state index in [-0.39, 0.29) is 16.5 Å². The van der Waals surface area contributed by atoms with Gasteiger partial charge in [0.25, 0.3) is 5.91 Å². The number of carbonyl (C=O) groups is 1. The highest BCUT2D eigenvalue weighted by Gasteiger charge is 2.23. The van der Waals surface area contributed by atoms with Gasteiger partial charge >= 0.3 is 0 Å². The Balaban J connectivity index is 2.18. The van der Waals surface area contributed by atoms with Crippen molar-refractivity contribution in [1.82, 2.24) is 9.71 Å². The quantitative estimate of drug-likeness (QED) is 0.862. The van der Waals surface area contributed by atoms with Crippen LogP contribution in [0.1, 0.15) is 33.0 Å². The summed E-state index contributed by atoms with van der Waals surface area (Å²) in [6.45, 7) is 5.04. The van der Waals surface area contributed by atoms with Crippen molar-refractivity contribution in [3.63, 3.8) is 0 Å². The standard InChI is InChI=1S/C14H15ClN2O4S/c1-8-9(2)21-10(3)13(8)14(18)17-22(19,20)7-11-4-5-12(15)16-6-11/h4-6H,7H2,1-3H3,(H,17,18). The molecule has 0 bridgehead atoms. The number of nitrogens with one attached hydrogen (secondary N) is 1. The number of pyridine rings is 1. The van der Waals surface area contributed by atoms with Crippen molar-refractivity contribution in [3.05, 3.63) is 51.7 Å². The Kier molecular flexibility index (Phi) is 4.58. The molecule has 2 heterocycles. The number of carbonyl (C=O) groups excluding carboxylic acids is 1. The molecule has 0 unspecified atom stereocenters. The van der Waals surface area contributed by atoms with E-state index in [1.54, 1.807) is 20.8 Å². The van der Waals surface area contributed by atoms with Gasteiger partial charge < -0.3 is 4.42 Å². The molecule has 0 aliphatic carbocycles. The van der Waals surface area contributed by atoms with Gasteiger partial charge in [-0.1, -0.05) is 17.7 Å². The molecule has 1 N–H and O–H groups in total. The van der Waals surface area contributed by atoms with Crippen molar-refractivity contribution in [1.29, 1.82) is 0 Å². The van der Waals surface area contributed by atoms with Crippen LogP contribution in [0.25, 0.3) is 0 Å². The molecule has 2 aromatic heterocycles. The number of sulfonamides is 1. The van der Waals surface area contributed by atoms with Crippen molar-refractivity contribution in [2.45, 2.75) is 26.5 Å². The fourth-order valence-corrected chi connectivity index (χ4v) is 3.25. The molecule has 6 nitrogen and oxygen atoms in total. The zero-order valence-electron chi connectivity index (χ0n) is 12.3. The summed E-state index contributed by atoms with van der Waals surface area (Å²) in [4.78, 5) is 16.0. The molecular weight excluding hydrogens is 328 g/mol. The van der Waals surface area contributed by atoms with Crippen LogP contribution in [0.4, 0.5) is 0 Å². The van der Waals surface area contributed by atoms with Crippen LogP contribution in [0.3, 0.4) is 0 Å². The van der Waals surface area contributed by atoms with E-state index in [0.717, 1.165) is 0 Å². The largest absolute Gasteiger partial charge is 0.466 e. The van der Waals surface area contributed by atoms with Crippen molar-refractivity contribution in [3.8, 4) is 0 Å². The monoisotopic (exact) mass is 342 g/mol. The first-order valence-electron chi connectivity index (χ1n) is 6.41. The first kappa shape index (κ1) is 16.5. The zero-order valence-corrected chi connectivity index (χ0v) is 13.9. The summed E-state index contributed by atoms with van der Waals surface area (Å²) in [5.74, 6) is -0.0933. The molecule has 0 radical (unpaired) electrons. The maximum absolute atomic E-state index is 12.2. The van der Waals surface area contributed by atoms with Gasteiger partial charge in [-0.05, 0) is 32.4 Å². The second kappa shape index (κ2) is 6.10. The molecule has 2 rings (SSSR count). The van der Waals surface area contributed by atoms with E-state index in [9.17, 15) is 13.2 Å². The lowest BCUT2D eigenvalue weighted by atomic mass is 10.1. The van der Waals surface area contributed by atoms with Crippen LogP contribution < -0.4 is 4.72 Å². The Morgan fingerprint density at radius 2 is 1.95 bits per heavy atom. The molecule has 0 atom stereocenters. The Morgan fingerprint density at radius 1 is 1.27 bits per heavy atom. The van der Waals surface area contributed by atoms with Gasteiger partial charge in [0.2, 0.25) is 10.0 Å². The first-order chi connectivity index (χ1) is 10.2. The van der Waals surface area contributed by atoms with Crippen molar-refractivity contribution < 1.29 is 17.6 Å². The van der Waals surface area contributed by atoms with Crippen LogP contribution in [0.2, 0.25) is 5.15 Å². The van der Waals surface area contributed by atoms with Gasteiger partial charge in [0.1, 0.15) is 16.7 Å². The van der Waals surface area contributed by atoms with E-state index in [2.05, 4.69) is 4.98 Å². The Morgan fingerprint density at radius 3 is 2.45 bits per heavy atom. The minimum absolute atomic E-state index is 0.246. The summed E-state index contributed by atoms with van der Waals surface area (Å²) in [5, 5.41) is 0.269. The second-order valence-corrected chi connectivity index (χ2v) is 7.00. The Labute approximate surface area is 133 Å². The number of furan rings is 1. The summed E-state index contributed by atoms with van der Waals surface area (Å²) in [6, 6.07) is 3.03. The van der Waals surface area contributed by atoms with Gasteiger partial charge in [-0.15, -0.1) is 0 Å². The van der Waals surface area contributed by atoms with Crippen LogP contribution in [-0.2, 0) is 15.8 Å². The van der Waals surface area contributed by atoms with E-state index in [1.165, 1.54) is 18.3 Å². The number of aryl methyl sites for hydroxylation is 2. The lowest BCUT2D eigenvalue weighted by molar-refractivity contribution is 0.0979. The van der Waals surface area contributed by atoms with Crippen LogP contribution in [0.15, 0.2) is 22.7 Å². The molecule has 0 saturated heterocycles. The number of rotatable bonds is 4. The maximum atomic E-state index is 12.2. The zero-order chi connectivity index (χ0) is 16.5. The number of halogens is 1. The smallest absolute Gasteiger partial charge is 0.268 e. The van der Waals surface area contributed by atoms with Crippen LogP contribution in [0.5, 0.6) is 0 Å². The number of hydrogen-bond donors (Lipinski definition) is 1. The highest BCUT2D eigenvalue weighted by Crippen LogP contribution is 2.20. The van der Waals surface area contributed by atoms with Gasteiger partial charge in [0.15, 0.2) is 0 Å². The normalized spacial score (nSPS) is 11.5. The first-order valence-corrected chi connectivity index (χ1v) is 8.44. The Bertz CT molecular complexity index is 810. The molecule has 0 fully saturated rings. The Hall–Kier alpha value is -1.86.